The van der Waals surface area contributed by atoms with Gasteiger partial charge in [-0.15, -0.1) is 10.2 Å². The average Bonchev–Trinajstić information content (AvgIpc) is 3.23. The summed E-state index contributed by atoms with van der Waals surface area (Å²) in [6, 6.07) is 9.51. The van der Waals surface area contributed by atoms with Crippen molar-refractivity contribution in [3.05, 3.63) is 71.5 Å². The maximum absolute atomic E-state index is 12.9. The lowest BCUT2D eigenvalue weighted by Crippen LogP contribution is -2.38. The highest BCUT2D eigenvalue weighted by molar-refractivity contribution is 6.34. The molecule has 2 aromatic heterocycles. The molecule has 4 rings (SSSR count). The standard InChI is InChI=1S/C19H18ClN5O/c20-18-11-16(25-12-22-23-13-25)1-2-17(18)19(26)24-9-5-15(6-10-24)14-3-7-21-8-4-14/h1-4,7-8,11-13,15H,5-6,9-10H2. The number of nitrogens with zero attached hydrogens (tertiary/aromatic N) is 5. The average molecular weight is 368 g/mol. The molecule has 1 aliphatic heterocycles. The third kappa shape index (κ3) is 3.32. The predicted molar refractivity (Wildman–Crippen MR) is 98.5 cm³/mol. The molecule has 7 heteroatoms. The summed E-state index contributed by atoms with van der Waals surface area (Å²) in [5.41, 5.74) is 2.65. The third-order valence-corrected chi connectivity index (χ3v) is 5.17. The monoisotopic (exact) mass is 367 g/mol. The number of halogens is 1. The van der Waals surface area contributed by atoms with E-state index in [2.05, 4.69) is 27.3 Å². The molecule has 1 fully saturated rings. The molecule has 1 amide bonds. The number of hydrogen-bond donors (Lipinski definition) is 0. The highest BCUT2D eigenvalue weighted by Crippen LogP contribution is 2.29. The molecule has 0 atom stereocenters. The van der Waals surface area contributed by atoms with E-state index in [1.54, 1.807) is 29.4 Å². The molecular formula is C19H18ClN5O. The van der Waals surface area contributed by atoms with Gasteiger partial charge in [-0.1, -0.05) is 11.6 Å². The Morgan fingerprint density at radius 2 is 1.73 bits per heavy atom. The molecule has 132 valence electrons. The van der Waals surface area contributed by atoms with Crippen molar-refractivity contribution in [2.24, 2.45) is 0 Å². The summed E-state index contributed by atoms with van der Waals surface area (Å²) < 4.78 is 1.75. The fourth-order valence-electron chi connectivity index (χ4n) is 3.39. The van der Waals surface area contributed by atoms with Crippen molar-refractivity contribution in [1.82, 2.24) is 24.6 Å². The molecule has 1 aromatic carbocycles. The highest BCUT2D eigenvalue weighted by Gasteiger charge is 2.25. The van der Waals surface area contributed by atoms with Crippen molar-refractivity contribution in [3.63, 3.8) is 0 Å². The van der Waals surface area contributed by atoms with Crippen molar-refractivity contribution >= 4 is 17.5 Å². The molecule has 0 radical (unpaired) electrons. The molecule has 6 nitrogen and oxygen atoms in total. The number of carbonyl (C=O) groups excluding carboxylic acids is 1. The van der Waals surface area contributed by atoms with E-state index in [4.69, 9.17) is 11.6 Å². The molecule has 0 spiro atoms. The second-order valence-corrected chi connectivity index (χ2v) is 6.79. The highest BCUT2D eigenvalue weighted by atomic mass is 35.5. The minimum absolute atomic E-state index is 0.0153. The van der Waals surface area contributed by atoms with Gasteiger partial charge in [-0.3, -0.25) is 14.3 Å². The molecule has 26 heavy (non-hydrogen) atoms. The maximum Gasteiger partial charge on any atom is 0.255 e. The van der Waals surface area contributed by atoms with Gasteiger partial charge in [0.25, 0.3) is 5.91 Å². The maximum atomic E-state index is 12.9. The zero-order valence-electron chi connectivity index (χ0n) is 14.1. The van der Waals surface area contributed by atoms with Crippen LogP contribution in [0.5, 0.6) is 0 Å². The van der Waals surface area contributed by atoms with Gasteiger partial charge in [-0.25, -0.2) is 0 Å². The van der Waals surface area contributed by atoms with Crippen molar-refractivity contribution in [2.75, 3.05) is 13.1 Å². The van der Waals surface area contributed by atoms with Crippen LogP contribution in [0.1, 0.15) is 34.7 Å². The number of likely N-dealkylation sites (tertiary alicyclic amines) is 1. The Bertz CT molecular complexity index is 890. The first kappa shape index (κ1) is 16.7. The van der Waals surface area contributed by atoms with E-state index in [0.717, 1.165) is 31.6 Å². The van der Waals surface area contributed by atoms with Gasteiger partial charge < -0.3 is 4.90 Å². The van der Waals surface area contributed by atoms with Crippen molar-refractivity contribution in [3.8, 4) is 5.69 Å². The van der Waals surface area contributed by atoms with Gasteiger partial charge in [-0.2, -0.15) is 0 Å². The summed E-state index contributed by atoms with van der Waals surface area (Å²) in [5.74, 6) is 0.465. The van der Waals surface area contributed by atoms with Gasteiger partial charge in [0.2, 0.25) is 0 Å². The Morgan fingerprint density at radius 3 is 2.38 bits per heavy atom. The van der Waals surface area contributed by atoms with Crippen LogP contribution in [-0.2, 0) is 0 Å². The van der Waals surface area contributed by atoms with Crippen molar-refractivity contribution in [2.45, 2.75) is 18.8 Å². The molecular weight excluding hydrogens is 350 g/mol. The molecule has 1 saturated heterocycles. The van der Waals surface area contributed by atoms with Gasteiger partial charge in [0.1, 0.15) is 12.7 Å². The quantitative estimate of drug-likeness (QED) is 0.712. The topological polar surface area (TPSA) is 63.9 Å². The molecule has 0 saturated carbocycles. The molecule has 3 heterocycles. The van der Waals surface area contributed by atoms with Crippen LogP contribution in [-0.4, -0.2) is 43.6 Å². The normalized spacial score (nSPS) is 15.2. The Morgan fingerprint density at radius 1 is 1.04 bits per heavy atom. The van der Waals surface area contributed by atoms with E-state index in [-0.39, 0.29) is 5.91 Å². The first-order chi connectivity index (χ1) is 12.7. The number of aromatic nitrogens is 4. The molecule has 0 bridgehead atoms. The van der Waals surface area contributed by atoms with Gasteiger partial charge in [0, 0.05) is 31.2 Å². The summed E-state index contributed by atoms with van der Waals surface area (Å²) >= 11 is 6.38. The van der Waals surface area contributed by atoms with E-state index in [9.17, 15) is 4.79 Å². The Labute approximate surface area is 156 Å². The van der Waals surface area contributed by atoms with Gasteiger partial charge >= 0.3 is 0 Å². The fourth-order valence-corrected chi connectivity index (χ4v) is 3.65. The van der Waals surface area contributed by atoms with Crippen LogP contribution in [0.4, 0.5) is 0 Å². The minimum atomic E-state index is -0.0153. The van der Waals surface area contributed by atoms with Gasteiger partial charge in [-0.05, 0) is 54.7 Å². The zero-order chi connectivity index (χ0) is 17.9. The summed E-state index contributed by atoms with van der Waals surface area (Å²) in [6.07, 6.45) is 8.74. The van der Waals surface area contributed by atoms with E-state index in [1.165, 1.54) is 5.56 Å². The van der Waals surface area contributed by atoms with Crippen LogP contribution >= 0.6 is 11.6 Å². The number of pyridine rings is 1. The SMILES string of the molecule is O=C(c1ccc(-n2cnnc2)cc1Cl)N1CCC(c2ccncc2)CC1. The van der Waals surface area contributed by atoms with Crippen LogP contribution in [0.3, 0.4) is 0 Å². The van der Waals surface area contributed by atoms with Crippen LogP contribution < -0.4 is 0 Å². The van der Waals surface area contributed by atoms with E-state index in [1.807, 2.05) is 23.4 Å². The predicted octanol–water partition coefficient (Wildman–Crippen LogP) is 3.34. The Balaban J connectivity index is 1.45. The lowest BCUT2D eigenvalue weighted by molar-refractivity contribution is 0.0713. The molecule has 0 unspecified atom stereocenters. The first-order valence-corrected chi connectivity index (χ1v) is 8.94. The zero-order valence-corrected chi connectivity index (χ0v) is 14.9. The fraction of sp³-hybridized carbons (Fsp3) is 0.263. The number of benzene rings is 1. The van der Waals surface area contributed by atoms with Crippen LogP contribution in [0.2, 0.25) is 5.02 Å². The van der Waals surface area contributed by atoms with Crippen LogP contribution in [0.15, 0.2) is 55.4 Å². The number of rotatable bonds is 3. The van der Waals surface area contributed by atoms with Crippen LogP contribution in [0.25, 0.3) is 5.69 Å². The molecule has 0 aliphatic carbocycles. The molecule has 1 aliphatic rings. The van der Waals surface area contributed by atoms with E-state index < -0.39 is 0 Å². The van der Waals surface area contributed by atoms with Gasteiger partial charge in [0.15, 0.2) is 0 Å². The lowest BCUT2D eigenvalue weighted by Gasteiger charge is -2.32. The summed E-state index contributed by atoms with van der Waals surface area (Å²) in [6.45, 7) is 1.46. The summed E-state index contributed by atoms with van der Waals surface area (Å²) in [7, 11) is 0. The number of piperidine rings is 1. The first-order valence-electron chi connectivity index (χ1n) is 8.56. The van der Waals surface area contributed by atoms with E-state index >= 15 is 0 Å². The Hall–Kier alpha value is -2.73. The van der Waals surface area contributed by atoms with Crippen LogP contribution in [0, 0.1) is 0 Å². The molecule has 3 aromatic rings. The number of hydrogen-bond acceptors (Lipinski definition) is 4. The van der Waals surface area contributed by atoms with E-state index in [0.29, 0.717) is 16.5 Å². The number of amides is 1. The molecule has 0 N–H and O–H groups in total. The largest absolute Gasteiger partial charge is 0.339 e. The van der Waals surface area contributed by atoms with Gasteiger partial charge in [0.05, 0.1) is 10.6 Å². The Kier molecular flexibility index (Phi) is 4.67. The van der Waals surface area contributed by atoms with Crippen molar-refractivity contribution < 1.29 is 4.79 Å². The summed E-state index contributed by atoms with van der Waals surface area (Å²) in [4.78, 5) is 18.8. The summed E-state index contributed by atoms with van der Waals surface area (Å²) in [5, 5.41) is 8.01. The lowest BCUT2D eigenvalue weighted by atomic mass is 9.90. The number of carbonyl (C=O) groups is 1. The van der Waals surface area contributed by atoms with Crippen molar-refractivity contribution in [1.29, 1.82) is 0 Å². The second kappa shape index (κ2) is 7.25. The smallest absolute Gasteiger partial charge is 0.255 e. The third-order valence-electron chi connectivity index (χ3n) is 4.86. The second-order valence-electron chi connectivity index (χ2n) is 6.38. The minimum Gasteiger partial charge on any atom is -0.339 e.